The molecule has 30 heavy (non-hydrogen) atoms. The van der Waals surface area contributed by atoms with Gasteiger partial charge in [-0.25, -0.2) is 0 Å². The summed E-state index contributed by atoms with van der Waals surface area (Å²) in [5.41, 5.74) is 3.57. The van der Waals surface area contributed by atoms with Gasteiger partial charge < -0.3 is 15.4 Å². The van der Waals surface area contributed by atoms with Crippen LogP contribution in [0.5, 0.6) is 5.75 Å². The number of hydrogen-bond acceptors (Lipinski definition) is 9. The lowest BCUT2D eigenvalue weighted by Gasteiger charge is -2.09. The fraction of sp³-hybridized carbons (Fsp3) is 0.211. The van der Waals surface area contributed by atoms with Crippen molar-refractivity contribution >= 4 is 51.2 Å². The molecule has 1 amide bonds. The number of nitro benzene ring substituents is 1. The minimum atomic E-state index is -0.525. The van der Waals surface area contributed by atoms with Gasteiger partial charge in [0, 0.05) is 11.8 Å². The van der Waals surface area contributed by atoms with Crippen LogP contribution in [0, 0.1) is 24.0 Å². The maximum atomic E-state index is 12.3. The van der Waals surface area contributed by atoms with Gasteiger partial charge in [0.25, 0.3) is 5.69 Å². The topological polar surface area (TPSA) is 119 Å². The second-order valence-corrected chi connectivity index (χ2v) is 8.48. The molecule has 1 heterocycles. The van der Waals surface area contributed by atoms with Gasteiger partial charge in [-0.1, -0.05) is 29.2 Å². The van der Waals surface area contributed by atoms with Gasteiger partial charge in [-0.15, -0.1) is 10.2 Å². The molecule has 0 bridgehead atoms. The molecule has 2 N–H and O–H groups in total. The summed E-state index contributed by atoms with van der Waals surface area (Å²) in [4.78, 5) is 22.6. The van der Waals surface area contributed by atoms with E-state index in [1.54, 1.807) is 0 Å². The van der Waals surface area contributed by atoms with Gasteiger partial charge in [0.15, 0.2) is 4.34 Å². The van der Waals surface area contributed by atoms with E-state index in [1.807, 2.05) is 25.1 Å². The van der Waals surface area contributed by atoms with Gasteiger partial charge in [-0.05, 0) is 43.2 Å². The van der Waals surface area contributed by atoms with E-state index in [-0.39, 0.29) is 23.1 Å². The zero-order valence-electron chi connectivity index (χ0n) is 16.5. The van der Waals surface area contributed by atoms with Crippen LogP contribution in [0.3, 0.4) is 0 Å². The Bertz CT molecular complexity index is 1090. The Morgan fingerprint density at radius 2 is 2.00 bits per heavy atom. The van der Waals surface area contributed by atoms with E-state index in [1.165, 1.54) is 59.5 Å². The Kier molecular flexibility index (Phi) is 6.85. The highest BCUT2D eigenvalue weighted by atomic mass is 32.2. The maximum absolute atomic E-state index is 12.3. The predicted molar refractivity (Wildman–Crippen MR) is 118 cm³/mol. The number of nitro groups is 1. The summed E-state index contributed by atoms with van der Waals surface area (Å²) >= 11 is 2.60. The second kappa shape index (κ2) is 9.55. The highest BCUT2D eigenvalue weighted by molar-refractivity contribution is 8.01. The molecule has 0 atom stereocenters. The second-order valence-electron chi connectivity index (χ2n) is 6.28. The zero-order chi connectivity index (χ0) is 21.7. The molecule has 0 aliphatic carbocycles. The van der Waals surface area contributed by atoms with Crippen LogP contribution in [0.15, 0.2) is 40.7 Å². The van der Waals surface area contributed by atoms with Crippen LogP contribution in [0.25, 0.3) is 0 Å². The molecule has 0 aliphatic rings. The number of anilines is 3. The van der Waals surface area contributed by atoms with Crippen molar-refractivity contribution in [2.45, 2.75) is 18.2 Å². The van der Waals surface area contributed by atoms with E-state index < -0.39 is 4.92 Å². The first-order chi connectivity index (χ1) is 14.4. The molecule has 0 unspecified atom stereocenters. The van der Waals surface area contributed by atoms with Crippen molar-refractivity contribution in [2.24, 2.45) is 0 Å². The van der Waals surface area contributed by atoms with E-state index >= 15 is 0 Å². The van der Waals surface area contributed by atoms with Gasteiger partial charge in [0.2, 0.25) is 11.0 Å². The molecule has 0 aliphatic heterocycles. The number of amides is 1. The van der Waals surface area contributed by atoms with Crippen molar-refractivity contribution < 1.29 is 14.5 Å². The van der Waals surface area contributed by atoms with E-state index in [2.05, 4.69) is 27.8 Å². The molecule has 11 heteroatoms. The third kappa shape index (κ3) is 5.45. The van der Waals surface area contributed by atoms with Gasteiger partial charge in [-0.3, -0.25) is 14.9 Å². The standard InChI is InChI=1S/C19H19N5O4S2/c1-11-4-5-13(8-12(11)2)20-18-22-23-19(30-18)29-10-17(25)21-15-7-6-14(24(26)27)9-16(15)28-3/h4-9H,10H2,1-3H3,(H,20,22)(H,21,25). The molecule has 3 rings (SSSR count). The number of carbonyl (C=O) groups is 1. The molecular weight excluding hydrogens is 426 g/mol. The van der Waals surface area contributed by atoms with Crippen LogP contribution >= 0.6 is 23.1 Å². The van der Waals surface area contributed by atoms with Gasteiger partial charge in [-0.2, -0.15) is 0 Å². The molecule has 156 valence electrons. The fourth-order valence-corrected chi connectivity index (χ4v) is 4.04. The molecule has 0 spiro atoms. The minimum absolute atomic E-state index is 0.110. The third-order valence-corrected chi connectivity index (χ3v) is 6.13. The molecular formula is C19H19N5O4S2. The SMILES string of the molecule is COc1cc([N+](=O)[O-])ccc1NC(=O)CSc1nnc(Nc2ccc(C)c(C)c2)s1. The third-order valence-electron chi connectivity index (χ3n) is 4.16. The number of benzene rings is 2. The molecule has 0 saturated heterocycles. The zero-order valence-corrected chi connectivity index (χ0v) is 18.1. The lowest BCUT2D eigenvalue weighted by molar-refractivity contribution is -0.384. The van der Waals surface area contributed by atoms with E-state index in [4.69, 9.17) is 4.74 Å². The molecule has 0 saturated carbocycles. The number of hydrogen-bond donors (Lipinski definition) is 2. The summed E-state index contributed by atoms with van der Waals surface area (Å²) in [5, 5.41) is 25.6. The van der Waals surface area contributed by atoms with Crippen LogP contribution in [-0.4, -0.2) is 33.9 Å². The Morgan fingerprint density at radius 3 is 2.70 bits per heavy atom. The summed E-state index contributed by atoms with van der Waals surface area (Å²) in [7, 11) is 1.38. The van der Waals surface area contributed by atoms with Crippen molar-refractivity contribution in [3.05, 3.63) is 57.6 Å². The Morgan fingerprint density at radius 1 is 1.20 bits per heavy atom. The normalized spacial score (nSPS) is 10.5. The lowest BCUT2D eigenvalue weighted by atomic mass is 10.1. The van der Waals surface area contributed by atoms with E-state index in [0.29, 0.717) is 15.2 Å². The highest BCUT2D eigenvalue weighted by Gasteiger charge is 2.14. The number of carbonyl (C=O) groups excluding carboxylic acids is 1. The number of nitrogens with zero attached hydrogens (tertiary/aromatic N) is 3. The van der Waals surface area contributed by atoms with Crippen molar-refractivity contribution in [1.29, 1.82) is 0 Å². The largest absolute Gasteiger partial charge is 0.494 e. The molecule has 0 fully saturated rings. The smallest absolute Gasteiger partial charge is 0.273 e. The lowest BCUT2D eigenvalue weighted by Crippen LogP contribution is -2.14. The summed E-state index contributed by atoms with van der Waals surface area (Å²) in [5.74, 6) is 0.0441. The monoisotopic (exact) mass is 445 g/mol. The van der Waals surface area contributed by atoms with Crippen molar-refractivity contribution in [1.82, 2.24) is 10.2 Å². The first kappa shape index (κ1) is 21.5. The number of aromatic nitrogens is 2. The van der Waals surface area contributed by atoms with Gasteiger partial charge in [0.1, 0.15) is 5.75 Å². The molecule has 9 nitrogen and oxygen atoms in total. The molecule has 2 aromatic carbocycles. The number of thioether (sulfide) groups is 1. The predicted octanol–water partition coefficient (Wildman–Crippen LogP) is 4.55. The highest BCUT2D eigenvalue weighted by Crippen LogP contribution is 2.31. The molecule has 1 aromatic heterocycles. The Balaban J connectivity index is 1.56. The van der Waals surface area contributed by atoms with Crippen LogP contribution in [-0.2, 0) is 4.79 Å². The summed E-state index contributed by atoms with van der Waals surface area (Å²) in [6.45, 7) is 4.09. The van der Waals surface area contributed by atoms with Crippen LogP contribution < -0.4 is 15.4 Å². The number of aryl methyl sites for hydroxylation is 2. The quantitative estimate of drug-likeness (QED) is 0.294. The fourth-order valence-electron chi connectivity index (χ4n) is 2.47. The van der Waals surface area contributed by atoms with Crippen LogP contribution in [0.2, 0.25) is 0 Å². The van der Waals surface area contributed by atoms with Crippen molar-refractivity contribution in [3.63, 3.8) is 0 Å². The number of ether oxygens (including phenoxy) is 1. The van der Waals surface area contributed by atoms with Gasteiger partial charge in [0.05, 0.1) is 29.5 Å². The average molecular weight is 446 g/mol. The van der Waals surface area contributed by atoms with E-state index in [9.17, 15) is 14.9 Å². The minimum Gasteiger partial charge on any atom is -0.494 e. The number of nitrogens with one attached hydrogen (secondary N) is 2. The Labute approximate surface area is 181 Å². The molecule has 3 aromatic rings. The Hall–Kier alpha value is -3.18. The summed E-state index contributed by atoms with van der Waals surface area (Å²) in [6, 6.07) is 10.1. The number of methoxy groups -OCH3 is 1. The number of rotatable bonds is 8. The summed E-state index contributed by atoms with van der Waals surface area (Å²) < 4.78 is 5.77. The first-order valence-electron chi connectivity index (χ1n) is 8.78. The van der Waals surface area contributed by atoms with Crippen LogP contribution in [0.4, 0.5) is 22.2 Å². The summed E-state index contributed by atoms with van der Waals surface area (Å²) in [6.07, 6.45) is 0. The number of non-ortho nitro benzene ring substituents is 1. The van der Waals surface area contributed by atoms with Crippen LogP contribution in [0.1, 0.15) is 11.1 Å². The first-order valence-corrected chi connectivity index (χ1v) is 10.6. The molecule has 0 radical (unpaired) electrons. The van der Waals surface area contributed by atoms with Crippen molar-refractivity contribution in [3.8, 4) is 5.75 Å². The van der Waals surface area contributed by atoms with Crippen molar-refractivity contribution in [2.75, 3.05) is 23.5 Å². The van der Waals surface area contributed by atoms with Gasteiger partial charge >= 0.3 is 0 Å². The van der Waals surface area contributed by atoms with E-state index in [0.717, 1.165) is 5.69 Å². The average Bonchev–Trinajstić information content (AvgIpc) is 3.16. The maximum Gasteiger partial charge on any atom is 0.273 e.